The first-order valence-electron chi connectivity index (χ1n) is 3.93. The van der Waals surface area contributed by atoms with Crippen molar-refractivity contribution in [1.29, 1.82) is 0 Å². The molecule has 0 radical (unpaired) electrons. The number of rotatable bonds is 2. The van der Waals surface area contributed by atoms with Crippen molar-refractivity contribution in [3.05, 3.63) is 24.5 Å². The van der Waals surface area contributed by atoms with Crippen molar-refractivity contribution in [2.75, 3.05) is 0 Å². The Morgan fingerprint density at radius 2 is 2.23 bits per heavy atom. The first kappa shape index (κ1) is 10.4. The van der Waals surface area contributed by atoms with Crippen molar-refractivity contribution in [2.24, 2.45) is 0 Å². The average molecular weight is 243 g/mol. The summed E-state index contributed by atoms with van der Waals surface area (Å²) in [5, 5.41) is 0. The number of ether oxygens (including phenoxy) is 2. The molecule has 70 valence electrons. The second-order valence-corrected chi connectivity index (χ2v) is 3.46. The van der Waals surface area contributed by atoms with E-state index in [1.165, 1.54) is 0 Å². The summed E-state index contributed by atoms with van der Waals surface area (Å²) >= 11 is 3.04. The van der Waals surface area contributed by atoms with E-state index in [1.54, 1.807) is 6.26 Å². The summed E-state index contributed by atoms with van der Waals surface area (Å²) in [6, 6.07) is 0. The van der Waals surface area contributed by atoms with Gasteiger partial charge in [-0.3, -0.25) is 0 Å². The molecule has 1 heterocycles. The predicted octanol–water partition coefficient (Wildman–Crippen LogP) is 2.56. The Morgan fingerprint density at radius 3 is 2.77 bits per heavy atom. The summed E-state index contributed by atoms with van der Waals surface area (Å²) in [5.41, 5.74) is -0.510. The summed E-state index contributed by atoms with van der Waals surface area (Å²) in [7, 11) is 0. The fraction of sp³-hybridized carbons (Fsp3) is 0.400. The van der Waals surface area contributed by atoms with E-state index in [4.69, 9.17) is 9.47 Å². The van der Waals surface area contributed by atoms with Gasteiger partial charge in [0, 0.05) is 15.9 Å². The van der Waals surface area contributed by atoms with Gasteiger partial charge in [-0.05, 0) is 30.8 Å². The maximum absolute atomic E-state index is 5.56. The van der Waals surface area contributed by atoms with Crippen LogP contribution in [0, 0.1) is 10.8 Å². The van der Waals surface area contributed by atoms with E-state index in [1.807, 2.05) is 32.1 Å². The van der Waals surface area contributed by atoms with Crippen LogP contribution in [0.4, 0.5) is 0 Å². The molecule has 0 aromatic rings. The second-order valence-electron chi connectivity index (χ2n) is 3.07. The van der Waals surface area contributed by atoms with Gasteiger partial charge in [-0.15, -0.1) is 0 Å². The van der Waals surface area contributed by atoms with Crippen molar-refractivity contribution < 1.29 is 9.47 Å². The summed E-state index contributed by atoms with van der Waals surface area (Å²) < 4.78 is 10.7. The molecule has 1 aliphatic rings. The lowest BCUT2D eigenvalue weighted by atomic mass is 10.1. The zero-order valence-corrected chi connectivity index (χ0v) is 9.17. The molecule has 1 rings (SSSR count). The highest BCUT2D eigenvalue weighted by molar-refractivity contribution is 9.12. The first-order chi connectivity index (χ1) is 6.14. The van der Waals surface area contributed by atoms with E-state index >= 15 is 0 Å². The molecular weight excluding hydrogens is 232 g/mol. The minimum absolute atomic E-state index is 0.339. The Bertz CT molecular complexity index is 281. The van der Waals surface area contributed by atoms with Crippen molar-refractivity contribution >= 4 is 15.9 Å². The lowest BCUT2D eigenvalue weighted by molar-refractivity contribution is -0.128. The monoisotopic (exact) mass is 242 g/mol. The van der Waals surface area contributed by atoms with Crippen molar-refractivity contribution in [1.82, 2.24) is 0 Å². The topological polar surface area (TPSA) is 18.5 Å². The van der Waals surface area contributed by atoms with Crippen LogP contribution in [-0.2, 0) is 9.47 Å². The molecular formula is C10H11BrO2. The summed E-state index contributed by atoms with van der Waals surface area (Å²) in [6.45, 7) is 3.77. The van der Waals surface area contributed by atoms with Crippen LogP contribution in [-0.4, -0.2) is 11.9 Å². The number of hydrogen-bond donors (Lipinski definition) is 0. The number of allylic oxidation sites excluding steroid dienone is 2. The molecule has 0 aromatic carbocycles. The van der Waals surface area contributed by atoms with Gasteiger partial charge in [0.25, 0.3) is 0 Å². The smallest absolute Gasteiger partial charge is 0.220 e. The van der Waals surface area contributed by atoms with E-state index < -0.39 is 5.60 Å². The van der Waals surface area contributed by atoms with Gasteiger partial charge in [-0.1, -0.05) is 12.0 Å². The zero-order chi connectivity index (χ0) is 9.73. The Balaban J connectivity index is 2.51. The van der Waals surface area contributed by atoms with Crippen LogP contribution in [0.25, 0.3) is 0 Å². The van der Waals surface area contributed by atoms with Gasteiger partial charge in [0.2, 0.25) is 6.29 Å². The highest BCUT2D eigenvalue weighted by Gasteiger charge is 2.20. The van der Waals surface area contributed by atoms with Gasteiger partial charge in [0.1, 0.15) is 5.60 Å². The molecule has 0 saturated heterocycles. The van der Waals surface area contributed by atoms with E-state index in [2.05, 4.69) is 26.7 Å². The first-order valence-corrected chi connectivity index (χ1v) is 4.73. The molecule has 0 aromatic heterocycles. The van der Waals surface area contributed by atoms with Crippen LogP contribution in [0.2, 0.25) is 0 Å². The molecule has 1 atom stereocenters. The fourth-order valence-electron chi connectivity index (χ4n) is 0.869. The summed E-state index contributed by atoms with van der Waals surface area (Å²) in [5.74, 6) is 2.88. The van der Waals surface area contributed by atoms with Crippen LogP contribution >= 0.6 is 15.9 Å². The predicted molar refractivity (Wildman–Crippen MR) is 55.0 cm³/mol. The quantitative estimate of drug-likeness (QED) is 0.694. The van der Waals surface area contributed by atoms with Crippen molar-refractivity contribution in [3.8, 4) is 10.8 Å². The standard InChI is InChI=1S/C10H11BrO2/c1-10(2,6-7-11)13-9-5-3-4-8-12-9/h3-5,8-9H,1-2H3. The number of hydrogen-bond acceptors (Lipinski definition) is 2. The molecule has 1 unspecified atom stereocenters. The van der Waals surface area contributed by atoms with Gasteiger partial charge < -0.3 is 9.47 Å². The Morgan fingerprint density at radius 1 is 1.46 bits per heavy atom. The largest absolute Gasteiger partial charge is 0.469 e. The van der Waals surface area contributed by atoms with Gasteiger partial charge >= 0.3 is 0 Å². The molecule has 0 aliphatic carbocycles. The summed E-state index contributed by atoms with van der Waals surface area (Å²) in [6.07, 6.45) is 6.78. The third-order valence-corrected chi connectivity index (χ3v) is 1.63. The highest BCUT2D eigenvalue weighted by Crippen LogP contribution is 2.15. The third kappa shape index (κ3) is 3.67. The van der Waals surface area contributed by atoms with Crippen LogP contribution in [0.15, 0.2) is 24.5 Å². The lowest BCUT2D eigenvalue weighted by Gasteiger charge is -2.24. The van der Waals surface area contributed by atoms with E-state index in [9.17, 15) is 0 Å². The fourth-order valence-corrected chi connectivity index (χ4v) is 1.35. The summed E-state index contributed by atoms with van der Waals surface area (Å²) in [4.78, 5) is 2.64. The number of halogens is 1. The van der Waals surface area contributed by atoms with E-state index in [-0.39, 0.29) is 6.29 Å². The van der Waals surface area contributed by atoms with Crippen molar-refractivity contribution in [3.63, 3.8) is 0 Å². The van der Waals surface area contributed by atoms with Gasteiger partial charge in [-0.2, -0.15) is 0 Å². The normalized spacial score (nSPS) is 20.4. The van der Waals surface area contributed by atoms with Crippen LogP contribution < -0.4 is 0 Å². The average Bonchev–Trinajstić information content (AvgIpc) is 2.04. The van der Waals surface area contributed by atoms with E-state index in [0.29, 0.717) is 0 Å². The molecule has 3 heteroatoms. The van der Waals surface area contributed by atoms with Gasteiger partial charge in [0.15, 0.2) is 0 Å². The minimum Gasteiger partial charge on any atom is -0.469 e. The zero-order valence-electron chi connectivity index (χ0n) is 7.58. The van der Waals surface area contributed by atoms with Crippen molar-refractivity contribution in [2.45, 2.75) is 25.7 Å². The second kappa shape index (κ2) is 4.50. The molecule has 0 amide bonds. The Kier molecular flexibility index (Phi) is 3.58. The molecule has 0 bridgehead atoms. The van der Waals surface area contributed by atoms with Crippen LogP contribution in [0.3, 0.4) is 0 Å². The Hall–Kier alpha value is -0.720. The highest BCUT2D eigenvalue weighted by atomic mass is 79.9. The molecule has 13 heavy (non-hydrogen) atoms. The molecule has 2 nitrogen and oxygen atoms in total. The Labute approximate surface area is 86.7 Å². The maximum Gasteiger partial charge on any atom is 0.220 e. The van der Waals surface area contributed by atoms with Gasteiger partial charge in [0.05, 0.1) is 6.26 Å². The van der Waals surface area contributed by atoms with E-state index in [0.717, 1.165) is 0 Å². The molecule has 1 aliphatic heterocycles. The maximum atomic E-state index is 5.56. The molecule has 0 N–H and O–H groups in total. The molecule has 0 saturated carbocycles. The molecule has 0 fully saturated rings. The lowest BCUT2D eigenvalue weighted by Crippen LogP contribution is -2.29. The molecule has 0 spiro atoms. The SMILES string of the molecule is CC(C)(C#CBr)OC1C=CC=CO1. The van der Waals surface area contributed by atoms with Gasteiger partial charge in [-0.25, -0.2) is 0 Å². The van der Waals surface area contributed by atoms with Crippen LogP contribution in [0.1, 0.15) is 13.8 Å². The minimum atomic E-state index is -0.510. The third-order valence-electron chi connectivity index (χ3n) is 1.43. The van der Waals surface area contributed by atoms with Crippen LogP contribution in [0.5, 0.6) is 0 Å².